The molecule has 0 radical (unpaired) electrons. The van der Waals surface area contributed by atoms with Crippen LogP contribution in [-0.2, 0) is 6.73 Å². The first-order valence-corrected chi connectivity index (χ1v) is 8.22. The summed E-state index contributed by atoms with van der Waals surface area (Å²) in [6, 6.07) is 13.3. The highest BCUT2D eigenvalue weighted by molar-refractivity contribution is 6.04. The highest BCUT2D eigenvalue weighted by Crippen LogP contribution is 2.23. The molecule has 0 fully saturated rings. The Bertz CT molecular complexity index is 997. The number of hydrogen-bond acceptors (Lipinski definition) is 5. The average molecular weight is 366 g/mol. The van der Waals surface area contributed by atoms with Crippen LogP contribution in [0.25, 0.3) is 0 Å². The van der Waals surface area contributed by atoms with E-state index in [0.717, 1.165) is 16.9 Å². The molecule has 0 bridgehead atoms. The van der Waals surface area contributed by atoms with Gasteiger partial charge in [0.2, 0.25) is 0 Å². The molecule has 138 valence electrons. The van der Waals surface area contributed by atoms with Crippen LogP contribution < -0.4 is 10.1 Å². The van der Waals surface area contributed by atoms with Crippen molar-refractivity contribution in [3.63, 3.8) is 0 Å². The van der Waals surface area contributed by atoms with E-state index >= 15 is 0 Å². The van der Waals surface area contributed by atoms with Crippen LogP contribution in [-0.4, -0.2) is 20.6 Å². The van der Waals surface area contributed by atoms with Crippen LogP contribution in [0.3, 0.4) is 0 Å². The van der Waals surface area contributed by atoms with Gasteiger partial charge in [-0.2, -0.15) is 5.10 Å². The fraction of sp³-hybridized carbons (Fsp3) is 0.158. The molecule has 0 saturated carbocycles. The summed E-state index contributed by atoms with van der Waals surface area (Å²) in [5, 5.41) is 17.7. The van der Waals surface area contributed by atoms with Crippen molar-refractivity contribution < 1.29 is 14.5 Å². The van der Waals surface area contributed by atoms with Gasteiger partial charge in [-0.05, 0) is 37.6 Å². The Balaban J connectivity index is 1.67. The number of para-hydroxylation sites is 2. The van der Waals surface area contributed by atoms with Crippen LogP contribution in [0.5, 0.6) is 5.75 Å². The number of anilines is 1. The summed E-state index contributed by atoms with van der Waals surface area (Å²) < 4.78 is 7.20. The third-order valence-corrected chi connectivity index (χ3v) is 3.91. The molecule has 3 rings (SSSR count). The van der Waals surface area contributed by atoms with E-state index in [2.05, 4.69) is 10.4 Å². The topological polar surface area (TPSA) is 99.3 Å². The quantitative estimate of drug-likeness (QED) is 0.530. The molecular weight excluding hydrogens is 348 g/mol. The summed E-state index contributed by atoms with van der Waals surface area (Å²) in [6.45, 7) is 4.10. The molecule has 0 aliphatic heterocycles. The Morgan fingerprint density at radius 3 is 2.74 bits per heavy atom. The number of hydrogen-bond donors (Lipinski definition) is 1. The lowest BCUT2D eigenvalue weighted by Crippen LogP contribution is -2.15. The molecule has 8 heteroatoms. The number of aryl methyl sites for hydroxylation is 2. The van der Waals surface area contributed by atoms with E-state index in [1.807, 2.05) is 32.0 Å². The van der Waals surface area contributed by atoms with Crippen molar-refractivity contribution in [2.24, 2.45) is 0 Å². The predicted octanol–water partition coefficient (Wildman–Crippen LogP) is 3.70. The molecule has 0 atom stereocenters. The molecule has 2 aromatic carbocycles. The minimum atomic E-state index is -0.550. The molecule has 0 aliphatic rings. The van der Waals surface area contributed by atoms with E-state index in [-0.39, 0.29) is 23.8 Å². The third kappa shape index (κ3) is 4.30. The van der Waals surface area contributed by atoms with E-state index in [0.29, 0.717) is 0 Å². The van der Waals surface area contributed by atoms with E-state index < -0.39 is 10.8 Å². The van der Waals surface area contributed by atoms with Gasteiger partial charge in [0.15, 0.2) is 12.4 Å². The maximum atomic E-state index is 12.3. The van der Waals surface area contributed by atoms with Gasteiger partial charge >= 0.3 is 0 Å². The van der Waals surface area contributed by atoms with Gasteiger partial charge in [-0.1, -0.05) is 29.8 Å². The second kappa shape index (κ2) is 7.69. The Morgan fingerprint density at radius 2 is 2.00 bits per heavy atom. The maximum absolute atomic E-state index is 12.3. The molecule has 1 aromatic heterocycles. The Morgan fingerprint density at radius 1 is 1.22 bits per heavy atom. The zero-order chi connectivity index (χ0) is 19.4. The van der Waals surface area contributed by atoms with Gasteiger partial charge in [-0.15, -0.1) is 0 Å². The third-order valence-electron chi connectivity index (χ3n) is 3.91. The van der Waals surface area contributed by atoms with Crippen molar-refractivity contribution >= 4 is 17.3 Å². The van der Waals surface area contributed by atoms with Gasteiger partial charge in [0.25, 0.3) is 11.6 Å². The van der Waals surface area contributed by atoms with Crippen LogP contribution >= 0.6 is 0 Å². The first-order valence-electron chi connectivity index (χ1n) is 8.22. The number of aromatic nitrogens is 2. The van der Waals surface area contributed by atoms with Crippen molar-refractivity contribution in [2.75, 3.05) is 5.32 Å². The second-order valence-corrected chi connectivity index (χ2v) is 6.01. The summed E-state index contributed by atoms with van der Waals surface area (Å²) in [6.07, 6.45) is 1.61. The van der Waals surface area contributed by atoms with E-state index in [1.165, 1.54) is 28.9 Å². The Kier molecular flexibility index (Phi) is 5.16. The number of carbonyl (C=O) groups is 1. The van der Waals surface area contributed by atoms with Gasteiger partial charge in [0, 0.05) is 12.3 Å². The number of rotatable bonds is 6. The zero-order valence-corrected chi connectivity index (χ0v) is 14.9. The fourth-order valence-electron chi connectivity index (χ4n) is 2.58. The number of ether oxygens (including phenoxy) is 1. The van der Waals surface area contributed by atoms with Gasteiger partial charge in [-0.3, -0.25) is 14.9 Å². The molecule has 0 aliphatic carbocycles. The smallest absolute Gasteiger partial charge is 0.292 e. The molecule has 1 heterocycles. The lowest BCUT2D eigenvalue weighted by molar-refractivity contribution is -0.383. The fourth-order valence-corrected chi connectivity index (χ4v) is 2.58. The Hall–Kier alpha value is -3.68. The van der Waals surface area contributed by atoms with Gasteiger partial charge < -0.3 is 10.1 Å². The Labute approximate surface area is 155 Å². The molecular formula is C19H18N4O4. The number of carbonyl (C=O) groups excluding carboxylic acids is 1. The molecule has 1 amide bonds. The first-order chi connectivity index (χ1) is 12.9. The number of nitrogens with zero attached hydrogens (tertiary/aromatic N) is 3. The maximum Gasteiger partial charge on any atom is 0.292 e. The molecule has 0 saturated heterocycles. The minimum absolute atomic E-state index is 0.119. The van der Waals surface area contributed by atoms with Crippen molar-refractivity contribution in [3.8, 4) is 5.75 Å². The van der Waals surface area contributed by atoms with Crippen molar-refractivity contribution in [3.05, 3.63) is 81.7 Å². The first kappa shape index (κ1) is 18.1. The van der Waals surface area contributed by atoms with Gasteiger partial charge in [0.05, 0.1) is 4.92 Å². The minimum Gasteiger partial charge on any atom is -0.471 e. The summed E-state index contributed by atoms with van der Waals surface area (Å²) in [4.78, 5) is 22.8. The van der Waals surface area contributed by atoms with Crippen LogP contribution in [0.4, 0.5) is 11.4 Å². The van der Waals surface area contributed by atoms with Crippen LogP contribution in [0, 0.1) is 24.0 Å². The number of nitrogens with one attached hydrogen (secondary N) is 1. The lowest BCUT2D eigenvalue weighted by Gasteiger charge is -2.09. The van der Waals surface area contributed by atoms with Crippen molar-refractivity contribution in [2.45, 2.75) is 20.6 Å². The van der Waals surface area contributed by atoms with E-state index in [1.54, 1.807) is 12.3 Å². The van der Waals surface area contributed by atoms with E-state index in [9.17, 15) is 14.9 Å². The molecule has 0 unspecified atom stereocenters. The average Bonchev–Trinajstić information content (AvgIpc) is 3.10. The van der Waals surface area contributed by atoms with Gasteiger partial charge in [-0.25, -0.2) is 4.68 Å². The van der Waals surface area contributed by atoms with Crippen molar-refractivity contribution in [1.29, 1.82) is 0 Å². The SMILES string of the molecule is Cc1ccc(OCn2ccc(C(=O)Nc3ccccc3[N+](=O)[O-])n2)c(C)c1. The summed E-state index contributed by atoms with van der Waals surface area (Å²) in [5.41, 5.74) is 2.24. The normalized spacial score (nSPS) is 10.4. The standard InChI is InChI=1S/C19H18N4O4/c1-13-7-8-18(14(2)11-13)27-12-22-10-9-16(21-22)19(24)20-15-5-3-4-6-17(15)23(25)26/h3-11H,12H2,1-2H3,(H,20,24). The number of benzene rings is 2. The lowest BCUT2D eigenvalue weighted by atomic mass is 10.1. The second-order valence-electron chi connectivity index (χ2n) is 6.01. The highest BCUT2D eigenvalue weighted by Gasteiger charge is 2.17. The molecule has 8 nitrogen and oxygen atoms in total. The number of nitro groups is 1. The monoisotopic (exact) mass is 366 g/mol. The van der Waals surface area contributed by atoms with Crippen LogP contribution in [0.2, 0.25) is 0 Å². The van der Waals surface area contributed by atoms with Crippen LogP contribution in [0.15, 0.2) is 54.7 Å². The molecule has 27 heavy (non-hydrogen) atoms. The van der Waals surface area contributed by atoms with Gasteiger partial charge in [0.1, 0.15) is 11.4 Å². The summed E-state index contributed by atoms with van der Waals surface area (Å²) >= 11 is 0. The number of nitro benzene ring substituents is 1. The largest absolute Gasteiger partial charge is 0.471 e. The highest BCUT2D eigenvalue weighted by atomic mass is 16.6. The predicted molar refractivity (Wildman–Crippen MR) is 99.8 cm³/mol. The van der Waals surface area contributed by atoms with Crippen molar-refractivity contribution in [1.82, 2.24) is 9.78 Å². The molecule has 3 aromatic rings. The summed E-state index contributed by atoms with van der Waals surface area (Å²) in [7, 11) is 0. The van der Waals surface area contributed by atoms with E-state index in [4.69, 9.17) is 4.74 Å². The zero-order valence-electron chi connectivity index (χ0n) is 14.9. The van der Waals surface area contributed by atoms with Crippen LogP contribution in [0.1, 0.15) is 21.6 Å². The number of amides is 1. The molecule has 1 N–H and O–H groups in total. The molecule has 0 spiro atoms. The summed E-state index contributed by atoms with van der Waals surface area (Å²) in [5.74, 6) is 0.205.